The third-order valence-electron chi connectivity index (χ3n) is 14.3. The van der Waals surface area contributed by atoms with Crippen molar-refractivity contribution in [1.82, 2.24) is 9.13 Å². The van der Waals surface area contributed by atoms with Crippen LogP contribution in [-0.4, -0.2) is 17.2 Å². The van der Waals surface area contributed by atoms with Gasteiger partial charge in [0.05, 0.1) is 27.8 Å². The lowest BCUT2D eigenvalue weighted by molar-refractivity contribution is 1.17. The topological polar surface area (TPSA) is 9.86 Å². The second-order valence-corrected chi connectivity index (χ2v) is 21.8. The standard InChI is InChI=1S/C66H46N2Si/c1-7-23-47(24-8-1)50-43-59(48-25-9-2-10-26-48)66(60(44-50)49-27-11-3-12-28-49)68-63-38-22-20-36-57(63)61-45-51(39-42-64(61)68)67-62-37-21-19-35-56(62)58-41-40-55(46-65(58)67)69(52-29-13-4-14-30-52,53-31-15-5-16-32-53)54-33-17-6-18-34-54/h1-46H. The molecule has 3 heteroatoms. The van der Waals surface area contributed by atoms with Gasteiger partial charge in [0.15, 0.2) is 8.07 Å². The van der Waals surface area contributed by atoms with Gasteiger partial charge in [-0.25, -0.2) is 0 Å². The average molecular weight is 895 g/mol. The van der Waals surface area contributed by atoms with E-state index in [0.29, 0.717) is 0 Å². The highest BCUT2D eigenvalue weighted by atomic mass is 28.3. The summed E-state index contributed by atoms with van der Waals surface area (Å²) in [7, 11) is -2.81. The van der Waals surface area contributed by atoms with Crippen molar-refractivity contribution < 1.29 is 0 Å². The predicted octanol–water partition coefficient (Wildman–Crippen LogP) is 14.3. The van der Waals surface area contributed by atoms with E-state index in [4.69, 9.17) is 0 Å². The Balaban J connectivity index is 1.09. The number of benzene rings is 11. The maximum Gasteiger partial charge on any atom is 0.179 e. The van der Waals surface area contributed by atoms with Crippen molar-refractivity contribution in [3.63, 3.8) is 0 Å². The van der Waals surface area contributed by atoms with E-state index in [2.05, 4.69) is 288 Å². The molecule has 11 aromatic carbocycles. The van der Waals surface area contributed by atoms with E-state index in [1.54, 1.807) is 0 Å². The molecule has 0 atom stereocenters. The molecule has 13 aromatic rings. The normalized spacial score (nSPS) is 11.8. The summed E-state index contributed by atoms with van der Waals surface area (Å²) in [5.41, 5.74) is 14.1. The first-order valence-electron chi connectivity index (χ1n) is 23.8. The van der Waals surface area contributed by atoms with Gasteiger partial charge in [-0.1, -0.05) is 231 Å². The predicted molar refractivity (Wildman–Crippen MR) is 295 cm³/mol. The lowest BCUT2D eigenvalue weighted by atomic mass is 9.90. The third kappa shape index (κ3) is 6.62. The molecule has 324 valence electrons. The van der Waals surface area contributed by atoms with Crippen LogP contribution in [0.2, 0.25) is 0 Å². The van der Waals surface area contributed by atoms with Gasteiger partial charge in [0.1, 0.15) is 0 Å². The Morgan fingerprint density at radius 1 is 0.232 bits per heavy atom. The first-order valence-corrected chi connectivity index (χ1v) is 25.8. The van der Waals surface area contributed by atoms with Gasteiger partial charge in [-0.15, -0.1) is 0 Å². The van der Waals surface area contributed by atoms with Crippen LogP contribution in [0.3, 0.4) is 0 Å². The quantitative estimate of drug-likeness (QED) is 0.101. The van der Waals surface area contributed by atoms with Gasteiger partial charge in [0.2, 0.25) is 0 Å². The molecule has 0 saturated heterocycles. The Morgan fingerprint density at radius 3 is 1.16 bits per heavy atom. The molecule has 2 nitrogen and oxygen atoms in total. The van der Waals surface area contributed by atoms with Crippen LogP contribution >= 0.6 is 0 Å². The van der Waals surface area contributed by atoms with E-state index in [9.17, 15) is 0 Å². The largest absolute Gasteiger partial charge is 0.309 e. The van der Waals surface area contributed by atoms with Crippen LogP contribution in [0.1, 0.15) is 0 Å². The Bertz CT molecular complexity index is 3820. The maximum atomic E-state index is 2.53. The highest BCUT2D eigenvalue weighted by Gasteiger charge is 2.41. The van der Waals surface area contributed by atoms with E-state index < -0.39 is 8.07 Å². The minimum Gasteiger partial charge on any atom is -0.309 e. The van der Waals surface area contributed by atoms with Gasteiger partial charge in [0.25, 0.3) is 0 Å². The van der Waals surface area contributed by atoms with Crippen molar-refractivity contribution in [3.8, 4) is 44.8 Å². The van der Waals surface area contributed by atoms with E-state index >= 15 is 0 Å². The molecular formula is C66H46N2Si. The summed E-state index contributed by atoms with van der Waals surface area (Å²) >= 11 is 0. The minimum atomic E-state index is -2.81. The Labute approximate surface area is 403 Å². The Morgan fingerprint density at radius 2 is 0.638 bits per heavy atom. The van der Waals surface area contributed by atoms with Crippen molar-refractivity contribution in [3.05, 3.63) is 279 Å². The zero-order valence-corrected chi connectivity index (χ0v) is 39.0. The van der Waals surface area contributed by atoms with Gasteiger partial charge in [-0.05, 0) is 91.5 Å². The molecule has 0 saturated carbocycles. The molecular weight excluding hydrogens is 849 g/mol. The molecule has 0 aliphatic rings. The first kappa shape index (κ1) is 40.5. The monoisotopic (exact) mass is 894 g/mol. The second kappa shape index (κ2) is 16.8. The van der Waals surface area contributed by atoms with Gasteiger partial charge >= 0.3 is 0 Å². The van der Waals surface area contributed by atoms with Gasteiger partial charge in [0, 0.05) is 38.4 Å². The highest BCUT2D eigenvalue weighted by molar-refractivity contribution is 7.20. The molecule has 0 unspecified atom stereocenters. The number of nitrogens with zero attached hydrogens (tertiary/aromatic N) is 2. The SMILES string of the molecule is c1ccc(-c2cc(-c3ccccc3)c(-n3c4ccccc4c4cc(-n5c6ccccc6c6ccc([Si](c7ccccc7)(c7ccccc7)c7ccccc7)cc65)ccc43)c(-c3ccccc3)c2)cc1. The fourth-order valence-corrected chi connectivity index (χ4v) is 16.0. The molecule has 0 fully saturated rings. The lowest BCUT2D eigenvalue weighted by Gasteiger charge is -2.34. The van der Waals surface area contributed by atoms with Crippen LogP contribution in [0.25, 0.3) is 88.4 Å². The zero-order chi connectivity index (χ0) is 45.7. The van der Waals surface area contributed by atoms with Crippen LogP contribution < -0.4 is 20.7 Å². The average Bonchev–Trinajstić information content (AvgIpc) is 3.94. The van der Waals surface area contributed by atoms with Crippen molar-refractivity contribution in [1.29, 1.82) is 0 Å². The fourth-order valence-electron chi connectivity index (χ4n) is 11.2. The van der Waals surface area contributed by atoms with E-state index in [1.807, 2.05) is 0 Å². The molecule has 0 N–H and O–H groups in total. The lowest BCUT2D eigenvalue weighted by Crippen LogP contribution is -2.74. The molecule has 2 aromatic heterocycles. The number of fused-ring (bicyclic) bond motifs is 6. The second-order valence-electron chi connectivity index (χ2n) is 18.0. The third-order valence-corrected chi connectivity index (χ3v) is 19.0. The van der Waals surface area contributed by atoms with Crippen LogP contribution in [0, 0.1) is 0 Å². The molecule has 13 rings (SSSR count). The van der Waals surface area contributed by atoms with Crippen molar-refractivity contribution in [2.45, 2.75) is 0 Å². The molecule has 0 bridgehead atoms. The summed E-state index contributed by atoms with van der Waals surface area (Å²) in [4.78, 5) is 0. The number of hydrogen-bond acceptors (Lipinski definition) is 0. The molecule has 0 aliphatic heterocycles. The van der Waals surface area contributed by atoms with Crippen LogP contribution in [0.15, 0.2) is 279 Å². The highest BCUT2D eigenvalue weighted by Crippen LogP contribution is 2.44. The molecule has 2 heterocycles. The number of rotatable bonds is 9. The summed E-state index contributed by atoms with van der Waals surface area (Å²) in [6.45, 7) is 0. The van der Waals surface area contributed by atoms with Gasteiger partial charge < -0.3 is 9.13 Å². The summed E-state index contributed by atoms with van der Waals surface area (Å²) in [6, 6.07) is 103. The van der Waals surface area contributed by atoms with Crippen LogP contribution in [0.5, 0.6) is 0 Å². The maximum absolute atomic E-state index is 2.81. The number of aromatic nitrogens is 2. The van der Waals surface area contributed by atoms with Crippen molar-refractivity contribution in [2.75, 3.05) is 0 Å². The number of hydrogen-bond donors (Lipinski definition) is 0. The smallest absolute Gasteiger partial charge is 0.179 e. The molecule has 0 amide bonds. The van der Waals surface area contributed by atoms with Crippen molar-refractivity contribution >= 4 is 72.4 Å². The molecule has 0 radical (unpaired) electrons. The Hall–Kier alpha value is -8.76. The Kier molecular flexibility index (Phi) is 9.88. The van der Waals surface area contributed by atoms with E-state index in [-0.39, 0.29) is 0 Å². The first-order chi connectivity index (χ1) is 34.3. The zero-order valence-electron chi connectivity index (χ0n) is 38.0. The van der Waals surface area contributed by atoms with E-state index in [0.717, 1.165) is 16.9 Å². The van der Waals surface area contributed by atoms with Gasteiger partial charge in [-0.3, -0.25) is 0 Å². The van der Waals surface area contributed by atoms with Crippen molar-refractivity contribution in [2.24, 2.45) is 0 Å². The molecule has 0 spiro atoms. The summed E-state index contributed by atoms with van der Waals surface area (Å²) < 4.78 is 5.04. The summed E-state index contributed by atoms with van der Waals surface area (Å²) in [6.07, 6.45) is 0. The number of para-hydroxylation sites is 2. The molecule has 0 aliphatic carbocycles. The minimum absolute atomic E-state index is 1.13. The summed E-state index contributed by atoms with van der Waals surface area (Å²) in [5.74, 6) is 0. The summed E-state index contributed by atoms with van der Waals surface area (Å²) in [5, 5.41) is 10.3. The fraction of sp³-hybridized carbons (Fsp3) is 0. The van der Waals surface area contributed by atoms with E-state index in [1.165, 1.54) is 92.2 Å². The molecule has 69 heavy (non-hydrogen) atoms. The van der Waals surface area contributed by atoms with Crippen LogP contribution in [-0.2, 0) is 0 Å². The van der Waals surface area contributed by atoms with Gasteiger partial charge in [-0.2, -0.15) is 0 Å². The van der Waals surface area contributed by atoms with Crippen LogP contribution in [0.4, 0.5) is 0 Å².